The lowest BCUT2D eigenvalue weighted by molar-refractivity contribution is 0.0945. The molecule has 0 aliphatic heterocycles. The molecule has 4 N–H and O–H groups in total. The van der Waals surface area contributed by atoms with Crippen molar-refractivity contribution in [3.8, 4) is 0 Å². The van der Waals surface area contributed by atoms with Gasteiger partial charge in [0.1, 0.15) is 11.3 Å². The molecule has 9 nitrogen and oxygen atoms in total. The molecular weight excluding hydrogens is 375 g/mol. The van der Waals surface area contributed by atoms with Gasteiger partial charge in [-0.15, -0.1) is 0 Å². The second-order valence-corrected chi connectivity index (χ2v) is 7.33. The van der Waals surface area contributed by atoms with Crippen LogP contribution in [0.15, 0.2) is 24.7 Å². The van der Waals surface area contributed by atoms with Crippen molar-refractivity contribution in [2.24, 2.45) is 7.05 Å². The quantitative estimate of drug-likeness (QED) is 0.530. The van der Waals surface area contributed by atoms with E-state index < -0.39 is 11.4 Å². The zero-order valence-electron chi connectivity index (χ0n) is 16.7. The molecule has 3 aromatic heterocycles. The maximum absolute atomic E-state index is 13.5. The first-order chi connectivity index (χ1) is 13.8. The lowest BCUT2D eigenvalue weighted by atomic mass is 9.94. The average Bonchev–Trinajstić information content (AvgIpc) is 3.10. The maximum Gasteiger partial charge on any atom is 0.254 e. The molecule has 0 saturated heterocycles. The Kier molecular flexibility index (Phi) is 5.90. The molecule has 0 aliphatic carbocycles. The van der Waals surface area contributed by atoms with Crippen LogP contribution in [-0.2, 0) is 7.05 Å². The van der Waals surface area contributed by atoms with Crippen molar-refractivity contribution in [3.63, 3.8) is 0 Å². The first-order valence-electron chi connectivity index (χ1n) is 9.43. The molecule has 0 saturated carbocycles. The van der Waals surface area contributed by atoms with Gasteiger partial charge in [-0.2, -0.15) is 10.1 Å². The van der Waals surface area contributed by atoms with Gasteiger partial charge in [0, 0.05) is 25.9 Å². The van der Waals surface area contributed by atoms with E-state index in [4.69, 9.17) is 5.73 Å². The molecule has 3 rings (SSSR count). The number of aryl methyl sites for hydroxylation is 1. The summed E-state index contributed by atoms with van der Waals surface area (Å²) in [5.74, 6) is -0.291. The van der Waals surface area contributed by atoms with E-state index in [1.807, 2.05) is 6.92 Å². The molecule has 0 fully saturated rings. The van der Waals surface area contributed by atoms with Crippen LogP contribution in [0, 0.1) is 5.82 Å². The van der Waals surface area contributed by atoms with Gasteiger partial charge in [0.05, 0.1) is 29.0 Å². The topological polar surface area (TPSA) is 124 Å². The molecule has 1 atom stereocenters. The van der Waals surface area contributed by atoms with E-state index in [2.05, 4.69) is 37.6 Å². The maximum atomic E-state index is 13.5. The number of anilines is 2. The highest BCUT2D eigenvalue weighted by atomic mass is 19.1. The summed E-state index contributed by atoms with van der Waals surface area (Å²) in [6, 6.07) is 1.26. The molecule has 0 spiro atoms. The summed E-state index contributed by atoms with van der Waals surface area (Å²) in [7, 11) is 1.75. The van der Waals surface area contributed by atoms with Crippen molar-refractivity contribution < 1.29 is 9.18 Å². The Morgan fingerprint density at radius 3 is 2.83 bits per heavy atom. The van der Waals surface area contributed by atoms with Crippen LogP contribution in [-0.4, -0.2) is 42.7 Å². The van der Waals surface area contributed by atoms with Crippen LogP contribution < -0.4 is 16.4 Å². The number of hydrogen-bond donors (Lipinski definition) is 3. The normalized spacial score (nSPS) is 13.2. The van der Waals surface area contributed by atoms with E-state index >= 15 is 0 Å². The molecule has 0 bridgehead atoms. The summed E-state index contributed by atoms with van der Waals surface area (Å²) >= 11 is 0. The predicted octanol–water partition coefficient (Wildman–Crippen LogP) is 2.27. The van der Waals surface area contributed by atoms with Gasteiger partial charge in [-0.25, -0.2) is 14.4 Å². The summed E-state index contributed by atoms with van der Waals surface area (Å²) < 4.78 is 15.1. The van der Waals surface area contributed by atoms with Crippen molar-refractivity contribution in [2.75, 3.05) is 17.6 Å². The molecule has 154 valence electrons. The van der Waals surface area contributed by atoms with Crippen molar-refractivity contribution in [1.82, 2.24) is 30.0 Å². The Hall–Kier alpha value is -3.30. The van der Waals surface area contributed by atoms with Gasteiger partial charge in [-0.3, -0.25) is 9.48 Å². The standard InChI is InChI=1S/C19H25FN8O/c1-4-5-6-19(2,11-23-17(29)12-8-24-28(3)10-12)27-16-15-14(25-18(21)26-16)7-13(20)9-22-15/h7-10H,4-6,11H2,1-3H3,(H,23,29)(H3,21,25,26,27). The van der Waals surface area contributed by atoms with Crippen LogP contribution in [0.4, 0.5) is 16.2 Å². The SMILES string of the molecule is CCCCC(C)(CNC(=O)c1cnn(C)c1)Nc1nc(N)nc2cc(F)cnc12. The predicted molar refractivity (Wildman–Crippen MR) is 109 cm³/mol. The highest BCUT2D eigenvalue weighted by Gasteiger charge is 2.27. The smallest absolute Gasteiger partial charge is 0.254 e. The Labute approximate surface area is 167 Å². The van der Waals surface area contributed by atoms with Gasteiger partial charge in [0.2, 0.25) is 5.95 Å². The second-order valence-electron chi connectivity index (χ2n) is 7.33. The number of halogens is 1. The first kappa shape index (κ1) is 20.4. The number of nitrogens with two attached hydrogens (primary N) is 1. The van der Waals surface area contributed by atoms with Crippen LogP contribution in [0.5, 0.6) is 0 Å². The number of amides is 1. The monoisotopic (exact) mass is 400 g/mol. The van der Waals surface area contributed by atoms with Crippen LogP contribution >= 0.6 is 0 Å². The van der Waals surface area contributed by atoms with Crippen molar-refractivity contribution >= 4 is 28.7 Å². The lowest BCUT2D eigenvalue weighted by Crippen LogP contribution is -2.46. The number of nitrogen functional groups attached to an aromatic ring is 1. The summed E-state index contributed by atoms with van der Waals surface area (Å²) in [5.41, 5.74) is 6.49. The van der Waals surface area contributed by atoms with E-state index in [0.29, 0.717) is 29.0 Å². The van der Waals surface area contributed by atoms with E-state index in [9.17, 15) is 9.18 Å². The average molecular weight is 400 g/mol. The van der Waals surface area contributed by atoms with E-state index in [1.54, 1.807) is 17.9 Å². The molecule has 1 unspecified atom stereocenters. The minimum absolute atomic E-state index is 0.0182. The minimum atomic E-state index is -0.530. The number of carbonyl (C=O) groups is 1. The number of carbonyl (C=O) groups excluding carboxylic acids is 1. The molecule has 10 heteroatoms. The number of pyridine rings is 1. The Morgan fingerprint density at radius 2 is 2.14 bits per heavy atom. The van der Waals surface area contributed by atoms with Crippen LogP contribution in [0.1, 0.15) is 43.5 Å². The van der Waals surface area contributed by atoms with Crippen molar-refractivity contribution in [3.05, 3.63) is 36.0 Å². The fraction of sp³-hybridized carbons (Fsp3) is 0.421. The van der Waals surface area contributed by atoms with Crippen LogP contribution in [0.2, 0.25) is 0 Å². The Balaban J connectivity index is 1.84. The number of fused-ring (bicyclic) bond motifs is 1. The molecule has 3 heterocycles. The van der Waals surface area contributed by atoms with Gasteiger partial charge in [-0.05, 0) is 13.3 Å². The zero-order valence-corrected chi connectivity index (χ0v) is 16.7. The van der Waals surface area contributed by atoms with Crippen molar-refractivity contribution in [1.29, 1.82) is 0 Å². The Bertz CT molecular complexity index is 1020. The van der Waals surface area contributed by atoms with E-state index in [-0.39, 0.29) is 11.9 Å². The fourth-order valence-corrected chi connectivity index (χ4v) is 3.06. The number of rotatable bonds is 8. The highest BCUT2D eigenvalue weighted by Crippen LogP contribution is 2.25. The molecule has 3 aromatic rings. The van der Waals surface area contributed by atoms with E-state index in [0.717, 1.165) is 25.5 Å². The zero-order chi connectivity index (χ0) is 21.0. The fourth-order valence-electron chi connectivity index (χ4n) is 3.06. The minimum Gasteiger partial charge on any atom is -0.368 e. The van der Waals surface area contributed by atoms with Gasteiger partial charge in [0.25, 0.3) is 5.91 Å². The first-order valence-corrected chi connectivity index (χ1v) is 9.43. The molecule has 29 heavy (non-hydrogen) atoms. The summed E-state index contributed by atoms with van der Waals surface area (Å²) in [5, 5.41) is 10.3. The largest absolute Gasteiger partial charge is 0.368 e. The Morgan fingerprint density at radius 1 is 1.34 bits per heavy atom. The third-order valence-corrected chi connectivity index (χ3v) is 4.63. The molecular formula is C19H25FN8O. The molecule has 0 aliphatic rings. The number of hydrogen-bond acceptors (Lipinski definition) is 7. The molecule has 0 radical (unpaired) electrons. The van der Waals surface area contributed by atoms with E-state index in [1.165, 1.54) is 12.3 Å². The highest BCUT2D eigenvalue weighted by molar-refractivity contribution is 5.93. The van der Waals surface area contributed by atoms with Gasteiger partial charge >= 0.3 is 0 Å². The lowest BCUT2D eigenvalue weighted by Gasteiger charge is -2.32. The number of aromatic nitrogens is 5. The number of unbranched alkanes of at least 4 members (excludes halogenated alkanes) is 1. The summed E-state index contributed by atoms with van der Waals surface area (Å²) in [4.78, 5) is 24.9. The number of nitrogens with one attached hydrogen (secondary N) is 2. The van der Waals surface area contributed by atoms with Crippen LogP contribution in [0.3, 0.4) is 0 Å². The summed E-state index contributed by atoms with van der Waals surface area (Å²) in [6.07, 6.45) is 6.98. The molecule has 1 amide bonds. The van der Waals surface area contributed by atoms with Crippen molar-refractivity contribution in [2.45, 2.75) is 38.6 Å². The third kappa shape index (κ3) is 4.95. The van der Waals surface area contributed by atoms with Crippen LogP contribution in [0.25, 0.3) is 11.0 Å². The van der Waals surface area contributed by atoms with Gasteiger partial charge in [-0.1, -0.05) is 19.8 Å². The number of nitrogens with zero attached hydrogens (tertiary/aromatic N) is 5. The van der Waals surface area contributed by atoms with Gasteiger partial charge < -0.3 is 16.4 Å². The third-order valence-electron chi connectivity index (χ3n) is 4.63. The molecule has 0 aromatic carbocycles. The van der Waals surface area contributed by atoms with Gasteiger partial charge in [0.15, 0.2) is 5.82 Å². The summed E-state index contributed by atoms with van der Waals surface area (Å²) in [6.45, 7) is 4.42. The second kappa shape index (κ2) is 8.38.